The second kappa shape index (κ2) is 6.69. The van der Waals surface area contributed by atoms with Crippen molar-refractivity contribution in [2.75, 3.05) is 13.1 Å². The van der Waals surface area contributed by atoms with Crippen LogP contribution in [0.4, 0.5) is 0 Å². The first-order valence-electron chi connectivity index (χ1n) is 7.58. The van der Waals surface area contributed by atoms with Crippen molar-refractivity contribution in [3.05, 3.63) is 34.9 Å². The Morgan fingerprint density at radius 1 is 1.23 bits per heavy atom. The van der Waals surface area contributed by atoms with Gasteiger partial charge >= 0.3 is 5.97 Å². The van der Waals surface area contributed by atoms with Crippen molar-refractivity contribution < 1.29 is 14.7 Å². The van der Waals surface area contributed by atoms with Crippen LogP contribution in [-0.2, 0) is 15.0 Å². The molecule has 0 spiro atoms. The number of likely N-dealkylation sites (tertiary alicyclic amines) is 1. The maximum Gasteiger partial charge on any atom is 0.303 e. The number of carbonyl (C=O) groups excluding carboxylic acids is 1. The molecular weight excluding hydrogens is 302 g/mol. The van der Waals surface area contributed by atoms with E-state index >= 15 is 0 Å². The fourth-order valence-electron chi connectivity index (χ4n) is 2.97. The molecule has 1 aromatic rings. The van der Waals surface area contributed by atoms with E-state index in [9.17, 15) is 9.59 Å². The summed E-state index contributed by atoms with van der Waals surface area (Å²) < 4.78 is 0. The van der Waals surface area contributed by atoms with Crippen LogP contribution in [-0.4, -0.2) is 35.0 Å². The molecule has 22 heavy (non-hydrogen) atoms. The van der Waals surface area contributed by atoms with Gasteiger partial charge in [-0.2, -0.15) is 0 Å². The fourth-order valence-corrected chi connectivity index (χ4v) is 3.10. The number of aliphatic carboxylic acids is 1. The van der Waals surface area contributed by atoms with Gasteiger partial charge in [0.2, 0.25) is 5.91 Å². The molecule has 0 aliphatic carbocycles. The number of carboxylic acids is 1. The number of halogens is 1. The molecule has 1 aliphatic rings. The Bertz CT molecular complexity index is 546. The summed E-state index contributed by atoms with van der Waals surface area (Å²) in [5, 5.41) is 9.50. The molecule has 1 heterocycles. The summed E-state index contributed by atoms with van der Waals surface area (Å²) in [6.45, 7) is 5.10. The van der Waals surface area contributed by atoms with Crippen LogP contribution in [0.3, 0.4) is 0 Å². The first-order valence-corrected chi connectivity index (χ1v) is 7.95. The van der Waals surface area contributed by atoms with Gasteiger partial charge in [-0.3, -0.25) is 9.59 Å². The Labute approximate surface area is 136 Å². The molecule has 0 atom stereocenters. The van der Waals surface area contributed by atoms with E-state index in [1.807, 2.05) is 30.9 Å². The van der Waals surface area contributed by atoms with Crippen LogP contribution in [0.25, 0.3) is 0 Å². The predicted octanol–water partition coefficient (Wildman–Crippen LogP) is 3.33. The Kier molecular flexibility index (Phi) is 5.12. The van der Waals surface area contributed by atoms with Gasteiger partial charge in [0.05, 0.1) is 5.41 Å². The molecule has 0 aromatic heterocycles. The normalized spacial score (nSPS) is 16.6. The van der Waals surface area contributed by atoms with Gasteiger partial charge in [-0.05, 0) is 50.3 Å². The lowest BCUT2D eigenvalue weighted by molar-refractivity contribution is -0.139. The number of hydrogen-bond donors (Lipinski definition) is 1. The second-order valence-electron chi connectivity index (χ2n) is 6.47. The predicted molar refractivity (Wildman–Crippen MR) is 86.0 cm³/mol. The SMILES string of the molecule is CC(C)(C(=O)N1CCC(CC(=O)O)CC1)c1ccc(Cl)cc1. The molecule has 120 valence electrons. The number of benzene rings is 1. The topological polar surface area (TPSA) is 57.6 Å². The van der Waals surface area contributed by atoms with E-state index in [0.717, 1.165) is 18.4 Å². The summed E-state index contributed by atoms with van der Waals surface area (Å²) in [5.41, 5.74) is 0.332. The average molecular weight is 324 g/mol. The Morgan fingerprint density at radius 2 is 1.77 bits per heavy atom. The second-order valence-corrected chi connectivity index (χ2v) is 6.90. The van der Waals surface area contributed by atoms with E-state index in [1.54, 1.807) is 12.1 Å². The highest BCUT2D eigenvalue weighted by atomic mass is 35.5. The number of carboxylic acid groups (broad SMARTS) is 1. The zero-order valence-corrected chi connectivity index (χ0v) is 13.8. The molecule has 1 amide bonds. The van der Waals surface area contributed by atoms with Crippen molar-refractivity contribution in [2.24, 2.45) is 5.92 Å². The number of nitrogens with zero attached hydrogens (tertiary/aromatic N) is 1. The fraction of sp³-hybridized carbons (Fsp3) is 0.529. The summed E-state index contributed by atoms with van der Waals surface area (Å²) >= 11 is 5.90. The van der Waals surface area contributed by atoms with Crippen LogP contribution < -0.4 is 0 Å². The number of rotatable bonds is 4. The largest absolute Gasteiger partial charge is 0.481 e. The highest BCUT2D eigenvalue weighted by Crippen LogP contribution is 2.29. The third-order valence-electron chi connectivity index (χ3n) is 4.47. The van der Waals surface area contributed by atoms with Crippen molar-refractivity contribution in [3.8, 4) is 0 Å². The maximum atomic E-state index is 12.8. The molecule has 0 radical (unpaired) electrons. The van der Waals surface area contributed by atoms with E-state index in [-0.39, 0.29) is 18.2 Å². The number of piperidine rings is 1. The summed E-state index contributed by atoms with van der Waals surface area (Å²) in [4.78, 5) is 25.4. The minimum Gasteiger partial charge on any atom is -0.481 e. The standard InChI is InChI=1S/C17H22ClNO3/c1-17(2,13-3-5-14(18)6-4-13)16(22)19-9-7-12(8-10-19)11-15(20)21/h3-6,12H,7-11H2,1-2H3,(H,20,21). The smallest absolute Gasteiger partial charge is 0.303 e. The van der Waals surface area contributed by atoms with Crippen molar-refractivity contribution in [1.29, 1.82) is 0 Å². The molecular formula is C17H22ClNO3. The van der Waals surface area contributed by atoms with Crippen LogP contribution in [0.15, 0.2) is 24.3 Å². The third-order valence-corrected chi connectivity index (χ3v) is 4.72. The van der Waals surface area contributed by atoms with Crippen molar-refractivity contribution >= 4 is 23.5 Å². The molecule has 0 unspecified atom stereocenters. The molecule has 0 bridgehead atoms. The van der Waals surface area contributed by atoms with Crippen LogP contribution in [0.5, 0.6) is 0 Å². The summed E-state index contributed by atoms with van der Waals surface area (Å²) in [6, 6.07) is 7.37. The lowest BCUT2D eigenvalue weighted by Gasteiger charge is -2.37. The lowest BCUT2D eigenvalue weighted by Crippen LogP contribution is -2.47. The minimum absolute atomic E-state index is 0.0867. The van der Waals surface area contributed by atoms with E-state index in [2.05, 4.69) is 0 Å². The summed E-state index contributed by atoms with van der Waals surface area (Å²) in [7, 11) is 0. The molecule has 1 aliphatic heterocycles. The summed E-state index contributed by atoms with van der Waals surface area (Å²) in [5.74, 6) is -0.491. The van der Waals surface area contributed by atoms with Gasteiger partial charge in [0.15, 0.2) is 0 Å². The van der Waals surface area contributed by atoms with Gasteiger partial charge < -0.3 is 10.0 Å². The van der Waals surface area contributed by atoms with E-state index in [4.69, 9.17) is 16.7 Å². The van der Waals surface area contributed by atoms with Gasteiger partial charge in [-0.25, -0.2) is 0 Å². The van der Waals surface area contributed by atoms with Gasteiger partial charge in [0.1, 0.15) is 0 Å². The zero-order valence-electron chi connectivity index (χ0n) is 13.0. The molecule has 1 aromatic carbocycles. The van der Waals surface area contributed by atoms with E-state index in [0.29, 0.717) is 18.1 Å². The van der Waals surface area contributed by atoms with Crippen molar-refractivity contribution in [2.45, 2.75) is 38.5 Å². The average Bonchev–Trinajstić information content (AvgIpc) is 2.47. The first-order chi connectivity index (χ1) is 10.3. The van der Waals surface area contributed by atoms with Crippen LogP contribution in [0.2, 0.25) is 5.02 Å². The number of carbonyl (C=O) groups is 2. The highest BCUT2D eigenvalue weighted by Gasteiger charge is 2.35. The van der Waals surface area contributed by atoms with Gasteiger partial charge in [0.25, 0.3) is 0 Å². The number of hydrogen-bond acceptors (Lipinski definition) is 2. The maximum absolute atomic E-state index is 12.8. The minimum atomic E-state index is -0.758. The molecule has 4 nitrogen and oxygen atoms in total. The third kappa shape index (κ3) is 3.80. The monoisotopic (exact) mass is 323 g/mol. The van der Waals surface area contributed by atoms with E-state index in [1.165, 1.54) is 0 Å². The molecule has 1 fully saturated rings. The number of amides is 1. The molecule has 0 saturated carbocycles. The van der Waals surface area contributed by atoms with Crippen LogP contribution in [0, 0.1) is 5.92 Å². The van der Waals surface area contributed by atoms with Crippen LogP contribution in [0.1, 0.15) is 38.7 Å². The Balaban J connectivity index is 2.02. The van der Waals surface area contributed by atoms with Crippen LogP contribution >= 0.6 is 11.6 Å². The molecule has 2 rings (SSSR count). The van der Waals surface area contributed by atoms with Crippen molar-refractivity contribution in [3.63, 3.8) is 0 Å². The Morgan fingerprint density at radius 3 is 2.27 bits per heavy atom. The highest BCUT2D eigenvalue weighted by molar-refractivity contribution is 6.30. The van der Waals surface area contributed by atoms with Gasteiger partial charge in [-0.15, -0.1) is 0 Å². The van der Waals surface area contributed by atoms with Crippen molar-refractivity contribution in [1.82, 2.24) is 4.90 Å². The zero-order chi connectivity index (χ0) is 16.3. The Hall–Kier alpha value is -1.55. The first kappa shape index (κ1) is 16.8. The lowest BCUT2D eigenvalue weighted by atomic mass is 9.82. The molecule has 1 N–H and O–H groups in total. The quantitative estimate of drug-likeness (QED) is 0.924. The van der Waals surface area contributed by atoms with Gasteiger partial charge in [-0.1, -0.05) is 23.7 Å². The molecule has 5 heteroatoms. The molecule has 1 saturated heterocycles. The van der Waals surface area contributed by atoms with E-state index < -0.39 is 11.4 Å². The van der Waals surface area contributed by atoms with Gasteiger partial charge in [0, 0.05) is 24.5 Å². The summed E-state index contributed by atoms with van der Waals surface area (Å²) in [6.07, 6.45) is 1.71.